The number of nitrogen functional groups attached to an aromatic ring is 1. The summed E-state index contributed by atoms with van der Waals surface area (Å²) < 4.78 is 0. The summed E-state index contributed by atoms with van der Waals surface area (Å²) in [6.07, 6.45) is 4.16. The Kier molecular flexibility index (Phi) is 3.23. The second-order valence-electron chi connectivity index (χ2n) is 3.93. The maximum atomic E-state index is 5.55. The monoisotopic (exact) mass is 228 g/mol. The van der Waals surface area contributed by atoms with Gasteiger partial charge in [0.2, 0.25) is 5.95 Å². The standard InChI is InChI=1S/C13H16N4/c1-3-10-6-4-5-9(2)12(10)17-13-15-7-11(14)8-16-13/h4-8H,3,14H2,1-2H3,(H,15,16,17). The number of rotatable bonds is 3. The summed E-state index contributed by atoms with van der Waals surface area (Å²) in [5, 5.41) is 3.24. The molecule has 4 heteroatoms. The molecule has 88 valence electrons. The van der Waals surface area contributed by atoms with Gasteiger partial charge in [0.05, 0.1) is 18.1 Å². The molecule has 0 radical (unpaired) electrons. The van der Waals surface area contributed by atoms with Crippen molar-refractivity contribution in [2.24, 2.45) is 0 Å². The number of para-hydroxylation sites is 1. The van der Waals surface area contributed by atoms with Crippen molar-refractivity contribution in [3.63, 3.8) is 0 Å². The molecule has 0 amide bonds. The summed E-state index contributed by atoms with van der Waals surface area (Å²) in [5.74, 6) is 0.572. The SMILES string of the molecule is CCc1cccc(C)c1Nc1ncc(N)cn1. The third-order valence-corrected chi connectivity index (χ3v) is 2.65. The number of anilines is 3. The van der Waals surface area contributed by atoms with Crippen molar-refractivity contribution in [1.29, 1.82) is 0 Å². The van der Waals surface area contributed by atoms with Gasteiger partial charge >= 0.3 is 0 Å². The quantitative estimate of drug-likeness (QED) is 0.847. The Morgan fingerprint density at radius 2 is 1.94 bits per heavy atom. The normalized spacial score (nSPS) is 10.2. The molecule has 0 aliphatic rings. The average Bonchev–Trinajstić information content (AvgIpc) is 2.34. The molecule has 1 aromatic heterocycles. The molecule has 0 saturated heterocycles. The largest absolute Gasteiger partial charge is 0.396 e. The molecule has 3 N–H and O–H groups in total. The number of aromatic nitrogens is 2. The minimum absolute atomic E-state index is 0.566. The molecular formula is C13H16N4. The van der Waals surface area contributed by atoms with Gasteiger partial charge in [-0.15, -0.1) is 0 Å². The van der Waals surface area contributed by atoms with E-state index < -0.39 is 0 Å². The summed E-state index contributed by atoms with van der Waals surface area (Å²) in [6.45, 7) is 4.20. The first-order chi connectivity index (χ1) is 8.20. The minimum Gasteiger partial charge on any atom is -0.396 e. The summed E-state index contributed by atoms with van der Waals surface area (Å²) in [6, 6.07) is 6.23. The molecular weight excluding hydrogens is 212 g/mol. The highest BCUT2D eigenvalue weighted by Gasteiger charge is 2.05. The van der Waals surface area contributed by atoms with E-state index in [2.05, 4.69) is 47.3 Å². The number of hydrogen-bond donors (Lipinski definition) is 2. The van der Waals surface area contributed by atoms with Crippen LogP contribution in [0.4, 0.5) is 17.3 Å². The van der Waals surface area contributed by atoms with Crippen LogP contribution in [-0.4, -0.2) is 9.97 Å². The number of nitrogens with zero attached hydrogens (tertiary/aromatic N) is 2. The van der Waals surface area contributed by atoms with Crippen molar-refractivity contribution in [1.82, 2.24) is 9.97 Å². The third-order valence-electron chi connectivity index (χ3n) is 2.65. The van der Waals surface area contributed by atoms with E-state index in [4.69, 9.17) is 5.73 Å². The van der Waals surface area contributed by atoms with E-state index in [0.29, 0.717) is 11.6 Å². The van der Waals surface area contributed by atoms with Crippen LogP contribution < -0.4 is 11.1 Å². The van der Waals surface area contributed by atoms with Gasteiger partial charge in [-0.3, -0.25) is 0 Å². The van der Waals surface area contributed by atoms with Gasteiger partial charge in [0.1, 0.15) is 0 Å². The highest BCUT2D eigenvalue weighted by atomic mass is 15.1. The number of nitrogens with two attached hydrogens (primary N) is 1. The topological polar surface area (TPSA) is 63.8 Å². The first kappa shape index (κ1) is 11.4. The molecule has 1 heterocycles. The molecule has 2 aromatic rings. The highest BCUT2D eigenvalue weighted by Crippen LogP contribution is 2.23. The number of hydrogen-bond acceptors (Lipinski definition) is 4. The Balaban J connectivity index is 2.32. The van der Waals surface area contributed by atoms with Crippen LogP contribution in [0.3, 0.4) is 0 Å². The van der Waals surface area contributed by atoms with Gasteiger partial charge in [0, 0.05) is 5.69 Å². The molecule has 0 spiro atoms. The summed E-state index contributed by atoms with van der Waals surface area (Å²) in [5.41, 5.74) is 9.64. The van der Waals surface area contributed by atoms with Crippen molar-refractivity contribution >= 4 is 17.3 Å². The van der Waals surface area contributed by atoms with Crippen molar-refractivity contribution in [2.75, 3.05) is 11.1 Å². The Morgan fingerprint density at radius 1 is 1.24 bits per heavy atom. The van der Waals surface area contributed by atoms with E-state index in [-0.39, 0.29) is 0 Å². The molecule has 0 fully saturated rings. The number of benzene rings is 1. The Labute approximate surface area is 101 Å². The number of nitrogens with one attached hydrogen (secondary N) is 1. The van der Waals surface area contributed by atoms with Crippen LogP contribution in [0.15, 0.2) is 30.6 Å². The minimum atomic E-state index is 0.566. The van der Waals surface area contributed by atoms with E-state index in [1.54, 1.807) is 12.4 Å². The molecule has 4 nitrogen and oxygen atoms in total. The fourth-order valence-corrected chi connectivity index (χ4v) is 1.72. The zero-order valence-electron chi connectivity index (χ0n) is 10.1. The van der Waals surface area contributed by atoms with Gasteiger partial charge in [0.15, 0.2) is 0 Å². The van der Waals surface area contributed by atoms with E-state index in [9.17, 15) is 0 Å². The second kappa shape index (κ2) is 4.82. The molecule has 2 rings (SSSR count). The first-order valence-electron chi connectivity index (χ1n) is 5.63. The Morgan fingerprint density at radius 3 is 2.59 bits per heavy atom. The average molecular weight is 228 g/mol. The zero-order chi connectivity index (χ0) is 12.3. The van der Waals surface area contributed by atoms with Crippen LogP contribution in [0.5, 0.6) is 0 Å². The van der Waals surface area contributed by atoms with Gasteiger partial charge < -0.3 is 11.1 Å². The van der Waals surface area contributed by atoms with Gasteiger partial charge in [-0.25, -0.2) is 9.97 Å². The zero-order valence-corrected chi connectivity index (χ0v) is 10.1. The van der Waals surface area contributed by atoms with Crippen LogP contribution in [0.25, 0.3) is 0 Å². The highest BCUT2D eigenvalue weighted by molar-refractivity contribution is 5.63. The predicted octanol–water partition coefficient (Wildman–Crippen LogP) is 2.67. The fourth-order valence-electron chi connectivity index (χ4n) is 1.72. The summed E-state index contributed by atoms with van der Waals surface area (Å²) >= 11 is 0. The lowest BCUT2D eigenvalue weighted by atomic mass is 10.1. The van der Waals surface area contributed by atoms with E-state index in [0.717, 1.165) is 12.1 Å². The van der Waals surface area contributed by atoms with Crippen molar-refractivity contribution < 1.29 is 0 Å². The van der Waals surface area contributed by atoms with E-state index >= 15 is 0 Å². The molecule has 1 aromatic carbocycles. The smallest absolute Gasteiger partial charge is 0.227 e. The van der Waals surface area contributed by atoms with Gasteiger partial charge in [-0.1, -0.05) is 25.1 Å². The first-order valence-corrected chi connectivity index (χ1v) is 5.63. The molecule has 0 aliphatic heterocycles. The van der Waals surface area contributed by atoms with Crippen molar-refractivity contribution in [3.8, 4) is 0 Å². The predicted molar refractivity (Wildman–Crippen MR) is 70.3 cm³/mol. The summed E-state index contributed by atoms with van der Waals surface area (Å²) in [7, 11) is 0. The van der Waals surface area contributed by atoms with Crippen LogP contribution >= 0.6 is 0 Å². The van der Waals surface area contributed by atoms with Gasteiger partial charge in [-0.05, 0) is 24.5 Å². The molecule has 0 atom stereocenters. The second-order valence-corrected chi connectivity index (χ2v) is 3.93. The molecule has 17 heavy (non-hydrogen) atoms. The van der Waals surface area contributed by atoms with Crippen LogP contribution in [0.1, 0.15) is 18.1 Å². The van der Waals surface area contributed by atoms with Crippen molar-refractivity contribution in [3.05, 3.63) is 41.7 Å². The van der Waals surface area contributed by atoms with Crippen molar-refractivity contribution in [2.45, 2.75) is 20.3 Å². The maximum Gasteiger partial charge on any atom is 0.227 e. The third kappa shape index (κ3) is 2.53. The lowest BCUT2D eigenvalue weighted by Crippen LogP contribution is -2.02. The molecule has 0 bridgehead atoms. The Hall–Kier alpha value is -2.10. The Bertz CT molecular complexity index is 505. The molecule has 0 unspecified atom stereocenters. The lowest BCUT2D eigenvalue weighted by Gasteiger charge is -2.12. The molecule has 0 saturated carbocycles. The lowest BCUT2D eigenvalue weighted by molar-refractivity contribution is 1.11. The molecule has 0 aliphatic carbocycles. The fraction of sp³-hybridized carbons (Fsp3) is 0.231. The maximum absolute atomic E-state index is 5.55. The summed E-state index contributed by atoms with van der Waals surface area (Å²) in [4.78, 5) is 8.29. The van der Waals surface area contributed by atoms with Gasteiger partial charge in [-0.2, -0.15) is 0 Å². The van der Waals surface area contributed by atoms with Crippen LogP contribution in [0.2, 0.25) is 0 Å². The van der Waals surface area contributed by atoms with Gasteiger partial charge in [0.25, 0.3) is 0 Å². The van der Waals surface area contributed by atoms with Crippen LogP contribution in [0, 0.1) is 6.92 Å². The number of aryl methyl sites for hydroxylation is 2. The van der Waals surface area contributed by atoms with E-state index in [1.165, 1.54) is 11.1 Å². The van der Waals surface area contributed by atoms with E-state index in [1.807, 2.05) is 0 Å². The van der Waals surface area contributed by atoms with Crippen LogP contribution in [-0.2, 0) is 6.42 Å².